The Bertz CT molecular complexity index is 666. The van der Waals surface area contributed by atoms with Crippen molar-refractivity contribution in [3.8, 4) is 0 Å². The van der Waals surface area contributed by atoms with Crippen LogP contribution in [-0.2, 0) is 6.42 Å². The van der Waals surface area contributed by atoms with Crippen LogP contribution in [0.5, 0.6) is 0 Å². The highest BCUT2D eigenvalue weighted by Gasteiger charge is 2.28. The van der Waals surface area contributed by atoms with Gasteiger partial charge in [0.25, 0.3) is 0 Å². The summed E-state index contributed by atoms with van der Waals surface area (Å²) in [5.41, 5.74) is 2.95. The van der Waals surface area contributed by atoms with E-state index in [1.807, 2.05) is 18.2 Å². The van der Waals surface area contributed by atoms with Gasteiger partial charge in [-0.3, -0.25) is 4.79 Å². The topological polar surface area (TPSA) is 17.1 Å². The second kappa shape index (κ2) is 5.49. The minimum atomic E-state index is -0.336. The zero-order valence-corrected chi connectivity index (χ0v) is 12.5. The molecule has 1 aliphatic rings. The van der Waals surface area contributed by atoms with E-state index in [1.165, 1.54) is 17.7 Å². The zero-order chi connectivity index (χ0) is 14.1. The zero-order valence-electron chi connectivity index (χ0n) is 10.9. The lowest BCUT2D eigenvalue weighted by Gasteiger charge is -2.24. The summed E-state index contributed by atoms with van der Waals surface area (Å²) in [5, 5.41) is 0. The van der Waals surface area contributed by atoms with Crippen LogP contribution >= 0.6 is 15.9 Å². The van der Waals surface area contributed by atoms with E-state index in [2.05, 4.69) is 22.0 Å². The average molecular weight is 333 g/mol. The summed E-state index contributed by atoms with van der Waals surface area (Å²) in [5.74, 6) is -0.372. The normalized spacial score (nSPS) is 17.6. The third-order valence-corrected chi connectivity index (χ3v) is 4.54. The van der Waals surface area contributed by atoms with Gasteiger partial charge >= 0.3 is 0 Å². The maximum atomic E-state index is 13.2. The Balaban J connectivity index is 2.00. The van der Waals surface area contributed by atoms with Crippen molar-refractivity contribution in [2.24, 2.45) is 0 Å². The minimum Gasteiger partial charge on any atom is -0.293 e. The summed E-state index contributed by atoms with van der Waals surface area (Å²) in [4.78, 5) is 12.7. The first kappa shape index (κ1) is 13.5. The molecule has 2 aromatic carbocycles. The van der Waals surface area contributed by atoms with Gasteiger partial charge < -0.3 is 0 Å². The fraction of sp³-hybridized carbons (Fsp3) is 0.235. The van der Waals surface area contributed by atoms with Gasteiger partial charge in [0, 0.05) is 16.0 Å². The molecule has 0 heterocycles. The molecule has 3 rings (SSSR count). The SMILES string of the molecule is O=C(c1ccc(F)cc1Br)C1CCCc2ccccc21. The molecule has 0 fully saturated rings. The molecule has 0 amide bonds. The highest BCUT2D eigenvalue weighted by molar-refractivity contribution is 9.10. The number of aryl methyl sites for hydroxylation is 1. The quantitative estimate of drug-likeness (QED) is 0.715. The van der Waals surface area contributed by atoms with Crippen LogP contribution in [0.4, 0.5) is 4.39 Å². The van der Waals surface area contributed by atoms with Gasteiger partial charge in [-0.15, -0.1) is 0 Å². The second-order valence-corrected chi connectivity index (χ2v) is 5.99. The molecule has 0 aromatic heterocycles. The molecule has 1 aliphatic carbocycles. The number of Topliss-reactive ketones (excluding diaryl/α,β-unsaturated/α-hetero) is 1. The van der Waals surface area contributed by atoms with Crippen molar-refractivity contribution in [3.05, 3.63) is 69.4 Å². The minimum absolute atomic E-state index is 0.0732. The summed E-state index contributed by atoms with van der Waals surface area (Å²) >= 11 is 3.29. The third kappa shape index (κ3) is 2.42. The van der Waals surface area contributed by atoms with E-state index in [-0.39, 0.29) is 17.5 Å². The molecule has 1 unspecified atom stereocenters. The van der Waals surface area contributed by atoms with Crippen molar-refractivity contribution >= 4 is 21.7 Å². The monoisotopic (exact) mass is 332 g/mol. The number of hydrogen-bond donors (Lipinski definition) is 0. The number of halogens is 2. The largest absolute Gasteiger partial charge is 0.293 e. The molecule has 1 nitrogen and oxygen atoms in total. The van der Waals surface area contributed by atoms with Crippen molar-refractivity contribution in [2.45, 2.75) is 25.2 Å². The average Bonchev–Trinajstić information content (AvgIpc) is 2.46. The summed E-state index contributed by atoms with van der Waals surface area (Å²) < 4.78 is 13.7. The van der Waals surface area contributed by atoms with Gasteiger partial charge in [-0.05, 0) is 64.5 Å². The predicted octanol–water partition coefficient (Wildman–Crippen LogP) is 4.89. The molecule has 0 spiro atoms. The predicted molar refractivity (Wildman–Crippen MR) is 80.6 cm³/mol. The fourth-order valence-corrected chi connectivity index (χ4v) is 3.45. The van der Waals surface area contributed by atoms with E-state index in [4.69, 9.17) is 0 Å². The molecule has 0 aliphatic heterocycles. The molecular weight excluding hydrogens is 319 g/mol. The van der Waals surface area contributed by atoms with Crippen LogP contribution in [0.3, 0.4) is 0 Å². The van der Waals surface area contributed by atoms with Crippen molar-refractivity contribution in [1.29, 1.82) is 0 Å². The van der Waals surface area contributed by atoms with Crippen molar-refractivity contribution < 1.29 is 9.18 Å². The molecule has 3 heteroatoms. The number of hydrogen-bond acceptors (Lipinski definition) is 1. The molecule has 1 atom stereocenters. The van der Waals surface area contributed by atoms with Gasteiger partial charge in [0.05, 0.1) is 0 Å². The molecule has 0 radical (unpaired) electrons. The van der Waals surface area contributed by atoms with Crippen LogP contribution in [0.25, 0.3) is 0 Å². The van der Waals surface area contributed by atoms with E-state index in [0.717, 1.165) is 24.8 Å². The molecule has 0 bridgehead atoms. The maximum Gasteiger partial charge on any atom is 0.171 e. The van der Waals surface area contributed by atoms with Gasteiger partial charge in [0.2, 0.25) is 0 Å². The Morgan fingerprint density at radius 3 is 2.80 bits per heavy atom. The van der Waals surface area contributed by atoms with Gasteiger partial charge in [0.15, 0.2) is 5.78 Å². The van der Waals surface area contributed by atoms with E-state index >= 15 is 0 Å². The number of carbonyl (C=O) groups is 1. The summed E-state index contributed by atoms with van der Waals surface area (Å²) in [6.45, 7) is 0. The van der Waals surface area contributed by atoms with Crippen molar-refractivity contribution in [2.75, 3.05) is 0 Å². The van der Waals surface area contributed by atoms with Crippen LogP contribution in [0.1, 0.15) is 40.2 Å². The maximum absolute atomic E-state index is 13.2. The van der Waals surface area contributed by atoms with E-state index < -0.39 is 0 Å². The summed E-state index contributed by atoms with van der Waals surface area (Å²) in [6.07, 6.45) is 2.91. The van der Waals surface area contributed by atoms with Crippen molar-refractivity contribution in [3.63, 3.8) is 0 Å². The highest BCUT2D eigenvalue weighted by Crippen LogP contribution is 2.35. The number of rotatable bonds is 2. The van der Waals surface area contributed by atoms with Crippen LogP contribution in [0.15, 0.2) is 46.9 Å². The molecular formula is C17H14BrFO. The summed E-state index contributed by atoms with van der Waals surface area (Å²) in [7, 11) is 0. The van der Waals surface area contributed by atoms with Crippen LogP contribution in [-0.4, -0.2) is 5.78 Å². The Hall–Kier alpha value is -1.48. The molecule has 0 saturated heterocycles. The van der Waals surface area contributed by atoms with E-state index in [0.29, 0.717) is 10.0 Å². The van der Waals surface area contributed by atoms with Crippen molar-refractivity contribution in [1.82, 2.24) is 0 Å². The first-order chi connectivity index (χ1) is 9.66. The number of ketones is 1. The first-order valence-electron chi connectivity index (χ1n) is 6.74. The van der Waals surface area contributed by atoms with Crippen LogP contribution in [0, 0.1) is 5.82 Å². The van der Waals surface area contributed by atoms with E-state index in [9.17, 15) is 9.18 Å². The number of benzene rings is 2. The molecule has 20 heavy (non-hydrogen) atoms. The number of fused-ring (bicyclic) bond motifs is 1. The fourth-order valence-electron chi connectivity index (χ4n) is 2.90. The Kier molecular flexibility index (Phi) is 3.70. The molecule has 0 saturated carbocycles. The highest BCUT2D eigenvalue weighted by atomic mass is 79.9. The van der Waals surface area contributed by atoms with Gasteiger partial charge in [-0.1, -0.05) is 24.3 Å². The Labute approximate surface area is 126 Å². The lowest BCUT2D eigenvalue weighted by molar-refractivity contribution is 0.0950. The Morgan fingerprint density at radius 1 is 1.20 bits per heavy atom. The Morgan fingerprint density at radius 2 is 2.00 bits per heavy atom. The van der Waals surface area contributed by atoms with Crippen LogP contribution in [0.2, 0.25) is 0 Å². The third-order valence-electron chi connectivity index (χ3n) is 3.88. The second-order valence-electron chi connectivity index (χ2n) is 5.13. The van der Waals surface area contributed by atoms with Gasteiger partial charge in [-0.2, -0.15) is 0 Å². The smallest absolute Gasteiger partial charge is 0.171 e. The number of carbonyl (C=O) groups excluding carboxylic acids is 1. The van der Waals surface area contributed by atoms with Gasteiger partial charge in [-0.25, -0.2) is 4.39 Å². The lowest BCUT2D eigenvalue weighted by Crippen LogP contribution is -2.19. The van der Waals surface area contributed by atoms with Crippen LogP contribution < -0.4 is 0 Å². The van der Waals surface area contributed by atoms with Gasteiger partial charge in [0.1, 0.15) is 5.82 Å². The summed E-state index contributed by atoms with van der Waals surface area (Å²) in [6, 6.07) is 12.4. The lowest BCUT2D eigenvalue weighted by atomic mass is 9.79. The first-order valence-corrected chi connectivity index (χ1v) is 7.53. The molecule has 102 valence electrons. The van der Waals surface area contributed by atoms with E-state index in [1.54, 1.807) is 6.07 Å². The standard InChI is InChI=1S/C17H14BrFO/c18-16-10-12(19)8-9-15(16)17(20)14-7-3-5-11-4-1-2-6-13(11)14/h1-2,4,6,8-10,14H,3,5,7H2. The molecule has 0 N–H and O–H groups in total. The molecule has 2 aromatic rings.